The van der Waals surface area contributed by atoms with E-state index >= 15 is 0 Å². The van der Waals surface area contributed by atoms with Crippen LogP contribution in [0.25, 0.3) is 0 Å². The highest BCUT2D eigenvalue weighted by Crippen LogP contribution is 2.19. The molecule has 112 valence electrons. The number of furan rings is 1. The third kappa shape index (κ3) is 4.46. The van der Waals surface area contributed by atoms with Crippen molar-refractivity contribution in [1.29, 1.82) is 0 Å². The van der Waals surface area contributed by atoms with Gasteiger partial charge in [0.2, 0.25) is 5.91 Å². The van der Waals surface area contributed by atoms with Crippen LogP contribution in [0.5, 0.6) is 0 Å². The quantitative estimate of drug-likeness (QED) is 0.858. The zero-order valence-corrected chi connectivity index (χ0v) is 12.4. The lowest BCUT2D eigenvalue weighted by Crippen LogP contribution is -2.38. The van der Waals surface area contributed by atoms with Crippen LogP contribution in [0.1, 0.15) is 30.4 Å². The molecule has 0 radical (unpaired) electrons. The monoisotopic (exact) mass is 287 g/mol. The summed E-state index contributed by atoms with van der Waals surface area (Å²) in [4.78, 5) is 11.8. The Morgan fingerprint density at radius 1 is 1.24 bits per heavy atom. The summed E-state index contributed by atoms with van der Waals surface area (Å²) in [5.74, 6) is 1.55. The summed E-state index contributed by atoms with van der Waals surface area (Å²) in [7, 11) is 0. The molecule has 4 nitrogen and oxygen atoms in total. The Morgan fingerprint density at radius 3 is 2.57 bits per heavy atom. The van der Waals surface area contributed by atoms with Gasteiger partial charge in [-0.3, -0.25) is 4.79 Å². The van der Waals surface area contributed by atoms with Crippen LogP contribution in [0, 0.1) is 6.92 Å². The third-order valence-electron chi connectivity index (χ3n) is 3.42. The topological polar surface area (TPSA) is 62.5 Å². The molecule has 1 atom stereocenters. The van der Waals surface area contributed by atoms with E-state index in [-0.39, 0.29) is 12.5 Å². The molecule has 1 aromatic carbocycles. The van der Waals surface area contributed by atoms with Crippen LogP contribution in [-0.4, -0.2) is 17.6 Å². The summed E-state index contributed by atoms with van der Waals surface area (Å²) in [5.41, 5.74) is -0.287. The number of carbonyl (C=O) groups is 1. The lowest BCUT2D eigenvalue weighted by atomic mass is 9.96. The SMILES string of the molecule is Cc1ccc(CCC(=O)NCC(C)(O)c2ccccc2)o1. The van der Waals surface area contributed by atoms with Crippen LogP contribution in [0.2, 0.25) is 0 Å². The summed E-state index contributed by atoms with van der Waals surface area (Å²) >= 11 is 0. The highest BCUT2D eigenvalue weighted by Gasteiger charge is 2.23. The third-order valence-corrected chi connectivity index (χ3v) is 3.42. The minimum atomic E-state index is -1.07. The number of aryl methyl sites for hydroxylation is 2. The van der Waals surface area contributed by atoms with Gasteiger partial charge in [-0.05, 0) is 31.5 Å². The number of hydrogen-bond acceptors (Lipinski definition) is 3. The molecule has 0 fully saturated rings. The highest BCUT2D eigenvalue weighted by atomic mass is 16.3. The van der Waals surface area contributed by atoms with Gasteiger partial charge < -0.3 is 14.8 Å². The zero-order valence-electron chi connectivity index (χ0n) is 12.4. The fourth-order valence-electron chi connectivity index (χ4n) is 2.11. The first-order chi connectivity index (χ1) is 9.97. The molecule has 0 aliphatic carbocycles. The molecule has 0 aliphatic heterocycles. The zero-order chi connectivity index (χ0) is 15.3. The van der Waals surface area contributed by atoms with Crippen molar-refractivity contribution in [2.24, 2.45) is 0 Å². The Labute approximate surface area is 124 Å². The molecule has 0 bridgehead atoms. The lowest BCUT2D eigenvalue weighted by Gasteiger charge is -2.24. The van der Waals surface area contributed by atoms with Crippen molar-refractivity contribution in [3.05, 3.63) is 59.5 Å². The molecule has 1 unspecified atom stereocenters. The van der Waals surface area contributed by atoms with Crippen LogP contribution in [0.4, 0.5) is 0 Å². The molecule has 2 N–H and O–H groups in total. The Kier molecular flexibility index (Phi) is 4.81. The average molecular weight is 287 g/mol. The second kappa shape index (κ2) is 6.59. The standard InChI is InChI=1S/C17H21NO3/c1-13-8-9-15(21-13)10-11-16(19)18-12-17(2,20)14-6-4-3-5-7-14/h3-9,20H,10-12H2,1-2H3,(H,18,19). The number of aliphatic hydroxyl groups is 1. The molecule has 0 saturated carbocycles. The Hall–Kier alpha value is -2.07. The first-order valence-electron chi connectivity index (χ1n) is 7.07. The minimum Gasteiger partial charge on any atom is -0.466 e. The maximum absolute atomic E-state index is 11.8. The van der Waals surface area contributed by atoms with Crippen molar-refractivity contribution in [2.75, 3.05) is 6.54 Å². The van der Waals surface area contributed by atoms with E-state index in [0.29, 0.717) is 12.8 Å². The normalized spacial score (nSPS) is 13.7. The summed E-state index contributed by atoms with van der Waals surface area (Å²) < 4.78 is 5.42. The van der Waals surface area contributed by atoms with E-state index in [4.69, 9.17) is 4.42 Å². The van der Waals surface area contributed by atoms with Crippen molar-refractivity contribution in [3.8, 4) is 0 Å². The fourth-order valence-corrected chi connectivity index (χ4v) is 2.11. The number of benzene rings is 1. The lowest BCUT2D eigenvalue weighted by molar-refractivity contribution is -0.122. The molecule has 21 heavy (non-hydrogen) atoms. The largest absolute Gasteiger partial charge is 0.466 e. The van der Waals surface area contributed by atoms with Gasteiger partial charge >= 0.3 is 0 Å². The van der Waals surface area contributed by atoms with Gasteiger partial charge in [0.05, 0.1) is 6.54 Å². The molecule has 4 heteroatoms. The van der Waals surface area contributed by atoms with Gasteiger partial charge in [-0.1, -0.05) is 30.3 Å². The van der Waals surface area contributed by atoms with Crippen molar-refractivity contribution in [3.63, 3.8) is 0 Å². The summed E-state index contributed by atoms with van der Waals surface area (Å²) in [6.07, 6.45) is 0.908. The number of carbonyl (C=O) groups excluding carboxylic acids is 1. The second-order valence-corrected chi connectivity index (χ2v) is 5.43. The number of amides is 1. The number of hydrogen-bond donors (Lipinski definition) is 2. The summed E-state index contributed by atoms with van der Waals surface area (Å²) in [6, 6.07) is 13.1. The minimum absolute atomic E-state index is 0.0970. The van der Waals surface area contributed by atoms with Crippen LogP contribution in [-0.2, 0) is 16.8 Å². The molecule has 1 heterocycles. The van der Waals surface area contributed by atoms with Gasteiger partial charge in [0.1, 0.15) is 17.1 Å². The van der Waals surface area contributed by atoms with Crippen LogP contribution >= 0.6 is 0 Å². The molecule has 2 aromatic rings. The Balaban J connectivity index is 1.80. The van der Waals surface area contributed by atoms with Gasteiger partial charge in [0, 0.05) is 12.8 Å². The van der Waals surface area contributed by atoms with Crippen LogP contribution in [0.3, 0.4) is 0 Å². The van der Waals surface area contributed by atoms with Crippen LogP contribution in [0.15, 0.2) is 46.9 Å². The van der Waals surface area contributed by atoms with Gasteiger partial charge in [0.15, 0.2) is 0 Å². The molecular formula is C17H21NO3. The second-order valence-electron chi connectivity index (χ2n) is 5.43. The van der Waals surface area contributed by atoms with Crippen molar-refractivity contribution in [1.82, 2.24) is 5.32 Å². The first-order valence-corrected chi connectivity index (χ1v) is 7.07. The molecule has 0 aliphatic rings. The van der Waals surface area contributed by atoms with Crippen molar-refractivity contribution < 1.29 is 14.3 Å². The molecule has 2 rings (SSSR count). The van der Waals surface area contributed by atoms with E-state index in [2.05, 4.69) is 5.32 Å². The predicted molar refractivity (Wildman–Crippen MR) is 80.8 cm³/mol. The Bertz CT molecular complexity index is 587. The van der Waals surface area contributed by atoms with E-state index in [9.17, 15) is 9.90 Å². The molecule has 1 amide bonds. The smallest absolute Gasteiger partial charge is 0.220 e. The van der Waals surface area contributed by atoms with Gasteiger partial charge in [0.25, 0.3) is 0 Å². The number of nitrogens with one attached hydrogen (secondary N) is 1. The van der Waals surface area contributed by atoms with Crippen molar-refractivity contribution in [2.45, 2.75) is 32.3 Å². The van der Waals surface area contributed by atoms with Crippen molar-refractivity contribution >= 4 is 5.91 Å². The molecular weight excluding hydrogens is 266 g/mol. The predicted octanol–water partition coefficient (Wildman–Crippen LogP) is 2.54. The van der Waals surface area contributed by atoms with E-state index < -0.39 is 5.60 Å². The number of rotatable bonds is 6. The highest BCUT2D eigenvalue weighted by molar-refractivity contribution is 5.76. The average Bonchev–Trinajstić information content (AvgIpc) is 2.90. The first kappa shape index (κ1) is 15.3. The van der Waals surface area contributed by atoms with E-state index in [0.717, 1.165) is 17.1 Å². The van der Waals surface area contributed by atoms with Gasteiger partial charge in [-0.15, -0.1) is 0 Å². The van der Waals surface area contributed by atoms with E-state index in [1.54, 1.807) is 6.92 Å². The maximum atomic E-state index is 11.8. The van der Waals surface area contributed by atoms with Crippen LogP contribution < -0.4 is 5.32 Å². The molecule has 1 aromatic heterocycles. The molecule has 0 saturated heterocycles. The fraction of sp³-hybridized carbons (Fsp3) is 0.353. The van der Waals surface area contributed by atoms with E-state index in [1.165, 1.54) is 0 Å². The maximum Gasteiger partial charge on any atom is 0.220 e. The molecule has 0 spiro atoms. The Morgan fingerprint density at radius 2 is 1.95 bits per heavy atom. The summed E-state index contributed by atoms with van der Waals surface area (Å²) in [6.45, 7) is 3.76. The van der Waals surface area contributed by atoms with Gasteiger partial charge in [-0.25, -0.2) is 0 Å². The van der Waals surface area contributed by atoms with E-state index in [1.807, 2.05) is 49.4 Å². The van der Waals surface area contributed by atoms with Gasteiger partial charge in [-0.2, -0.15) is 0 Å². The summed E-state index contributed by atoms with van der Waals surface area (Å²) in [5, 5.41) is 13.2.